The van der Waals surface area contributed by atoms with Crippen molar-refractivity contribution < 1.29 is 4.39 Å². The van der Waals surface area contributed by atoms with Gasteiger partial charge in [0.15, 0.2) is 0 Å². The summed E-state index contributed by atoms with van der Waals surface area (Å²) in [4.78, 5) is 0. The predicted molar refractivity (Wildman–Crippen MR) is 78.4 cm³/mol. The molecule has 5 heteroatoms. The van der Waals surface area contributed by atoms with Gasteiger partial charge in [0.05, 0.1) is 12.9 Å². The maximum absolute atomic E-state index is 12.8. The van der Waals surface area contributed by atoms with Crippen molar-refractivity contribution in [3.8, 4) is 0 Å². The standard InChI is InChI=1S/C12H8Br2ClFS/c13-11-6-9(12(14)17-11)10(15)5-7-1-3-8(16)4-2-7/h1-4,6,10H,5H2. The fourth-order valence-electron chi connectivity index (χ4n) is 1.50. The van der Waals surface area contributed by atoms with Gasteiger partial charge in [-0.2, -0.15) is 0 Å². The van der Waals surface area contributed by atoms with Crippen LogP contribution in [0.3, 0.4) is 0 Å². The lowest BCUT2D eigenvalue weighted by Crippen LogP contribution is -1.95. The first-order valence-electron chi connectivity index (χ1n) is 4.89. The van der Waals surface area contributed by atoms with Crippen LogP contribution in [0.1, 0.15) is 16.5 Å². The molecule has 1 aromatic carbocycles. The molecule has 17 heavy (non-hydrogen) atoms. The van der Waals surface area contributed by atoms with E-state index in [1.165, 1.54) is 12.1 Å². The van der Waals surface area contributed by atoms with Gasteiger partial charge < -0.3 is 0 Å². The summed E-state index contributed by atoms with van der Waals surface area (Å²) in [6.07, 6.45) is 0.684. The Hall–Kier alpha value is 0.1000. The smallest absolute Gasteiger partial charge is 0.123 e. The van der Waals surface area contributed by atoms with Crippen molar-refractivity contribution in [3.63, 3.8) is 0 Å². The summed E-state index contributed by atoms with van der Waals surface area (Å²) in [6.45, 7) is 0. The molecule has 0 aliphatic rings. The molecule has 0 radical (unpaired) electrons. The molecular weight excluding hydrogens is 390 g/mol. The Balaban J connectivity index is 2.14. The van der Waals surface area contributed by atoms with Gasteiger partial charge in [0.2, 0.25) is 0 Å². The Morgan fingerprint density at radius 1 is 1.24 bits per heavy atom. The molecule has 0 bridgehead atoms. The fraction of sp³-hybridized carbons (Fsp3) is 0.167. The van der Waals surface area contributed by atoms with Gasteiger partial charge in [0.25, 0.3) is 0 Å². The average Bonchev–Trinajstić information content (AvgIpc) is 2.61. The van der Waals surface area contributed by atoms with Crippen molar-refractivity contribution in [2.45, 2.75) is 11.8 Å². The summed E-state index contributed by atoms with van der Waals surface area (Å²) in [6, 6.07) is 8.45. The maximum atomic E-state index is 12.8. The third kappa shape index (κ3) is 3.53. The Bertz CT molecular complexity index is 510. The fourth-order valence-corrected chi connectivity index (χ4v) is 5.02. The van der Waals surface area contributed by atoms with Crippen LogP contribution in [0.2, 0.25) is 0 Å². The summed E-state index contributed by atoms with van der Waals surface area (Å²) in [5.41, 5.74) is 2.09. The second-order valence-corrected chi connectivity index (χ2v) is 7.85. The van der Waals surface area contributed by atoms with Crippen molar-refractivity contribution in [2.24, 2.45) is 0 Å². The SMILES string of the molecule is Fc1ccc(CC(Cl)c2cc(Br)sc2Br)cc1. The van der Waals surface area contributed by atoms with Crippen LogP contribution in [0.5, 0.6) is 0 Å². The van der Waals surface area contributed by atoms with E-state index in [1.54, 1.807) is 23.5 Å². The van der Waals surface area contributed by atoms with Gasteiger partial charge >= 0.3 is 0 Å². The van der Waals surface area contributed by atoms with E-state index in [0.717, 1.165) is 18.7 Å². The first kappa shape index (κ1) is 13.5. The van der Waals surface area contributed by atoms with Crippen LogP contribution in [0, 0.1) is 5.82 Å². The van der Waals surface area contributed by atoms with Gasteiger partial charge in [-0.25, -0.2) is 4.39 Å². The van der Waals surface area contributed by atoms with Crippen LogP contribution < -0.4 is 0 Å². The monoisotopic (exact) mass is 396 g/mol. The molecule has 0 spiro atoms. The quantitative estimate of drug-likeness (QED) is 0.562. The topological polar surface area (TPSA) is 0 Å². The lowest BCUT2D eigenvalue weighted by atomic mass is 10.1. The van der Waals surface area contributed by atoms with E-state index in [2.05, 4.69) is 31.9 Å². The normalized spacial score (nSPS) is 12.7. The number of thiophene rings is 1. The Kier molecular flexibility index (Phi) is 4.64. The van der Waals surface area contributed by atoms with Crippen LogP contribution in [-0.4, -0.2) is 0 Å². The third-order valence-corrected chi connectivity index (χ3v) is 5.12. The summed E-state index contributed by atoms with van der Waals surface area (Å²) in [7, 11) is 0. The summed E-state index contributed by atoms with van der Waals surface area (Å²) in [5.74, 6) is -0.223. The molecule has 0 amide bonds. The van der Waals surface area contributed by atoms with Crippen LogP contribution in [-0.2, 0) is 6.42 Å². The van der Waals surface area contributed by atoms with E-state index < -0.39 is 0 Å². The van der Waals surface area contributed by atoms with Gasteiger partial charge in [-0.1, -0.05) is 12.1 Å². The average molecular weight is 399 g/mol. The lowest BCUT2D eigenvalue weighted by molar-refractivity contribution is 0.627. The zero-order valence-electron chi connectivity index (χ0n) is 8.59. The number of hydrogen-bond acceptors (Lipinski definition) is 1. The molecule has 0 N–H and O–H groups in total. The van der Waals surface area contributed by atoms with Gasteiger partial charge in [0, 0.05) is 0 Å². The number of alkyl halides is 1. The highest BCUT2D eigenvalue weighted by molar-refractivity contribution is 9.12. The number of rotatable bonds is 3. The van der Waals surface area contributed by atoms with E-state index in [4.69, 9.17) is 11.6 Å². The first-order valence-corrected chi connectivity index (χ1v) is 7.73. The minimum atomic E-state index is -0.223. The Labute approximate surface area is 125 Å². The molecule has 0 nitrogen and oxygen atoms in total. The first-order chi connectivity index (χ1) is 8.06. The van der Waals surface area contributed by atoms with E-state index in [-0.39, 0.29) is 11.2 Å². The Morgan fingerprint density at radius 2 is 1.88 bits per heavy atom. The molecule has 1 heterocycles. The van der Waals surface area contributed by atoms with Crippen molar-refractivity contribution in [2.75, 3.05) is 0 Å². The van der Waals surface area contributed by atoms with E-state index >= 15 is 0 Å². The molecular formula is C12H8Br2ClFS. The minimum Gasteiger partial charge on any atom is -0.207 e. The highest BCUT2D eigenvalue weighted by Crippen LogP contribution is 2.39. The molecule has 2 rings (SSSR count). The van der Waals surface area contributed by atoms with Crippen molar-refractivity contribution >= 4 is 54.8 Å². The van der Waals surface area contributed by atoms with E-state index in [9.17, 15) is 4.39 Å². The van der Waals surface area contributed by atoms with Gasteiger partial charge in [-0.15, -0.1) is 22.9 Å². The molecule has 90 valence electrons. The second-order valence-electron chi connectivity index (χ2n) is 3.58. The van der Waals surface area contributed by atoms with Crippen LogP contribution >= 0.6 is 54.8 Å². The van der Waals surface area contributed by atoms with Crippen LogP contribution in [0.25, 0.3) is 0 Å². The number of hydrogen-bond donors (Lipinski definition) is 0. The van der Waals surface area contributed by atoms with Crippen LogP contribution in [0.4, 0.5) is 4.39 Å². The molecule has 0 fully saturated rings. The molecule has 1 aromatic heterocycles. The van der Waals surface area contributed by atoms with Gasteiger partial charge in [0.1, 0.15) is 5.82 Å². The Morgan fingerprint density at radius 3 is 2.41 bits per heavy atom. The summed E-state index contributed by atoms with van der Waals surface area (Å²) < 4.78 is 14.8. The molecule has 2 aromatic rings. The maximum Gasteiger partial charge on any atom is 0.123 e. The van der Waals surface area contributed by atoms with Gasteiger partial charge in [-0.05, 0) is 67.6 Å². The minimum absolute atomic E-state index is 0.114. The third-order valence-electron chi connectivity index (χ3n) is 2.35. The summed E-state index contributed by atoms with van der Waals surface area (Å²) >= 11 is 14.9. The second kappa shape index (κ2) is 5.83. The van der Waals surface area contributed by atoms with Gasteiger partial charge in [-0.3, -0.25) is 0 Å². The molecule has 0 saturated carbocycles. The zero-order chi connectivity index (χ0) is 12.4. The largest absolute Gasteiger partial charge is 0.207 e. The van der Waals surface area contributed by atoms with Crippen molar-refractivity contribution in [1.82, 2.24) is 0 Å². The van der Waals surface area contributed by atoms with E-state index in [0.29, 0.717) is 6.42 Å². The highest BCUT2D eigenvalue weighted by atomic mass is 79.9. The molecule has 0 aliphatic carbocycles. The van der Waals surface area contributed by atoms with Crippen molar-refractivity contribution in [3.05, 3.63) is 54.8 Å². The molecule has 1 atom stereocenters. The predicted octanol–water partition coefficient (Wildman–Crippen LogP) is 5.93. The van der Waals surface area contributed by atoms with Crippen LogP contribution in [0.15, 0.2) is 37.9 Å². The molecule has 0 aliphatic heterocycles. The van der Waals surface area contributed by atoms with E-state index in [1.807, 2.05) is 6.07 Å². The highest BCUT2D eigenvalue weighted by Gasteiger charge is 2.15. The summed E-state index contributed by atoms with van der Waals surface area (Å²) in [5, 5.41) is -0.114. The zero-order valence-corrected chi connectivity index (χ0v) is 13.3. The molecule has 1 unspecified atom stereocenters. The van der Waals surface area contributed by atoms with Crippen molar-refractivity contribution in [1.29, 1.82) is 0 Å². The molecule has 0 saturated heterocycles. The number of benzene rings is 1. The number of halogens is 4. The lowest BCUT2D eigenvalue weighted by Gasteiger charge is -2.08.